The molecular formula is C24H42IN5O. The normalized spacial score (nSPS) is 21.1. The number of aryl methyl sites for hydroxylation is 2. The number of piperazine rings is 1. The van der Waals surface area contributed by atoms with Crippen molar-refractivity contribution in [2.24, 2.45) is 4.99 Å². The molecule has 6 nitrogen and oxygen atoms in total. The molecule has 1 N–H and O–H groups in total. The van der Waals surface area contributed by atoms with E-state index in [0.29, 0.717) is 0 Å². The van der Waals surface area contributed by atoms with Crippen molar-refractivity contribution in [2.75, 3.05) is 72.6 Å². The highest BCUT2D eigenvalue weighted by atomic mass is 127. The van der Waals surface area contributed by atoms with Crippen LogP contribution in [0.3, 0.4) is 0 Å². The molecule has 3 rings (SSSR count). The molecule has 7 heteroatoms. The Morgan fingerprint density at radius 3 is 2.52 bits per heavy atom. The summed E-state index contributed by atoms with van der Waals surface area (Å²) in [5.41, 5.74) is 3.90. The minimum absolute atomic E-state index is 0. The summed E-state index contributed by atoms with van der Waals surface area (Å²) in [6, 6.07) is 6.64. The molecule has 176 valence electrons. The third-order valence-corrected chi connectivity index (χ3v) is 6.45. The van der Waals surface area contributed by atoms with Crippen LogP contribution in [-0.4, -0.2) is 93.2 Å². The number of morpholine rings is 1. The van der Waals surface area contributed by atoms with Crippen molar-refractivity contribution < 1.29 is 4.74 Å². The minimum Gasteiger partial charge on any atom is -0.370 e. The third kappa shape index (κ3) is 7.87. The molecule has 2 saturated heterocycles. The van der Waals surface area contributed by atoms with E-state index in [2.05, 4.69) is 64.0 Å². The lowest BCUT2D eigenvalue weighted by Gasteiger charge is -2.36. The molecular weight excluding hydrogens is 501 g/mol. The van der Waals surface area contributed by atoms with Crippen LogP contribution in [0.1, 0.15) is 42.6 Å². The molecule has 0 saturated carbocycles. The summed E-state index contributed by atoms with van der Waals surface area (Å²) in [6.07, 6.45) is 2.53. The third-order valence-electron chi connectivity index (χ3n) is 6.45. The van der Waals surface area contributed by atoms with Gasteiger partial charge in [0.2, 0.25) is 0 Å². The van der Waals surface area contributed by atoms with Crippen molar-refractivity contribution in [1.82, 2.24) is 20.0 Å². The number of benzene rings is 1. The Morgan fingerprint density at radius 1 is 1.10 bits per heavy atom. The predicted octanol–water partition coefficient (Wildman–Crippen LogP) is 3.29. The van der Waals surface area contributed by atoms with Crippen LogP contribution in [0.15, 0.2) is 23.2 Å². The SMILES string of the molecule is CCN1CCN(CCCCNC(=NC)N2CCOC(c3ccc(C)cc3C)C2)CC1.I. The molecule has 0 aromatic heterocycles. The van der Waals surface area contributed by atoms with Gasteiger partial charge in [-0.25, -0.2) is 0 Å². The molecule has 31 heavy (non-hydrogen) atoms. The van der Waals surface area contributed by atoms with E-state index in [9.17, 15) is 0 Å². The zero-order valence-electron chi connectivity index (χ0n) is 19.9. The first-order valence-electron chi connectivity index (χ1n) is 11.7. The van der Waals surface area contributed by atoms with Gasteiger partial charge in [-0.1, -0.05) is 30.7 Å². The van der Waals surface area contributed by atoms with Gasteiger partial charge in [0.1, 0.15) is 6.10 Å². The Morgan fingerprint density at radius 2 is 1.84 bits per heavy atom. The molecule has 0 amide bonds. The van der Waals surface area contributed by atoms with Crippen molar-refractivity contribution in [2.45, 2.75) is 39.7 Å². The zero-order chi connectivity index (χ0) is 21.3. The molecule has 1 aromatic rings. The quantitative estimate of drug-likeness (QED) is 0.248. The lowest BCUT2D eigenvalue weighted by molar-refractivity contribution is -0.00831. The van der Waals surface area contributed by atoms with Crippen molar-refractivity contribution >= 4 is 29.9 Å². The van der Waals surface area contributed by atoms with E-state index in [-0.39, 0.29) is 30.1 Å². The molecule has 2 aliphatic rings. The summed E-state index contributed by atoms with van der Waals surface area (Å²) >= 11 is 0. The van der Waals surface area contributed by atoms with E-state index in [0.717, 1.165) is 32.2 Å². The number of ether oxygens (including phenoxy) is 1. The number of likely N-dealkylation sites (N-methyl/N-ethyl adjacent to an activating group) is 1. The molecule has 1 atom stereocenters. The first-order valence-corrected chi connectivity index (χ1v) is 11.7. The number of aliphatic imine (C=N–C) groups is 1. The van der Waals surface area contributed by atoms with E-state index in [1.165, 1.54) is 68.8 Å². The topological polar surface area (TPSA) is 43.3 Å². The van der Waals surface area contributed by atoms with Crippen LogP contribution in [-0.2, 0) is 4.74 Å². The maximum Gasteiger partial charge on any atom is 0.193 e. The maximum absolute atomic E-state index is 6.10. The van der Waals surface area contributed by atoms with Gasteiger partial charge in [0, 0.05) is 46.3 Å². The van der Waals surface area contributed by atoms with Crippen LogP contribution >= 0.6 is 24.0 Å². The van der Waals surface area contributed by atoms with Gasteiger partial charge in [0.05, 0.1) is 13.2 Å². The van der Waals surface area contributed by atoms with E-state index < -0.39 is 0 Å². The van der Waals surface area contributed by atoms with Gasteiger partial charge >= 0.3 is 0 Å². The lowest BCUT2D eigenvalue weighted by Crippen LogP contribution is -2.48. The standard InChI is InChI=1S/C24H41N5O.HI/c1-5-27-12-14-28(15-13-27)11-7-6-10-26-24(25-4)29-16-17-30-23(19-29)22-9-8-20(2)18-21(22)3;/h8-9,18,23H,5-7,10-17,19H2,1-4H3,(H,25,26);1H. The smallest absolute Gasteiger partial charge is 0.193 e. The number of halogens is 1. The summed E-state index contributed by atoms with van der Waals surface area (Å²) in [5.74, 6) is 1.00. The number of rotatable bonds is 7. The molecule has 2 heterocycles. The Bertz CT molecular complexity index is 691. The van der Waals surface area contributed by atoms with E-state index >= 15 is 0 Å². The fourth-order valence-corrected chi connectivity index (χ4v) is 4.54. The van der Waals surface area contributed by atoms with Gasteiger partial charge in [0.25, 0.3) is 0 Å². The Labute approximate surface area is 206 Å². The second-order valence-electron chi connectivity index (χ2n) is 8.62. The average molecular weight is 544 g/mol. The van der Waals surface area contributed by atoms with Gasteiger partial charge in [-0.3, -0.25) is 4.99 Å². The van der Waals surface area contributed by atoms with Crippen LogP contribution in [0.2, 0.25) is 0 Å². The second-order valence-corrected chi connectivity index (χ2v) is 8.62. The summed E-state index contributed by atoms with van der Waals surface area (Å²) in [7, 11) is 1.89. The van der Waals surface area contributed by atoms with Gasteiger partial charge < -0.3 is 24.8 Å². The van der Waals surface area contributed by atoms with E-state index in [4.69, 9.17) is 4.74 Å². The summed E-state index contributed by atoms with van der Waals surface area (Å²) in [4.78, 5) is 12.0. The number of hydrogen-bond donors (Lipinski definition) is 1. The fraction of sp³-hybridized carbons (Fsp3) is 0.708. The van der Waals surface area contributed by atoms with Crippen LogP contribution in [0.25, 0.3) is 0 Å². The summed E-state index contributed by atoms with van der Waals surface area (Å²) < 4.78 is 6.10. The average Bonchev–Trinajstić information content (AvgIpc) is 2.77. The molecule has 0 radical (unpaired) electrons. The number of nitrogens with zero attached hydrogens (tertiary/aromatic N) is 4. The number of nitrogens with one attached hydrogen (secondary N) is 1. The molecule has 0 aliphatic carbocycles. The molecule has 1 unspecified atom stereocenters. The minimum atomic E-state index is 0. The van der Waals surface area contributed by atoms with Crippen molar-refractivity contribution in [3.63, 3.8) is 0 Å². The van der Waals surface area contributed by atoms with Crippen LogP contribution < -0.4 is 5.32 Å². The van der Waals surface area contributed by atoms with Crippen LogP contribution in [0.4, 0.5) is 0 Å². The Kier molecular flexibility index (Phi) is 11.6. The van der Waals surface area contributed by atoms with Crippen molar-refractivity contribution in [3.8, 4) is 0 Å². The molecule has 0 bridgehead atoms. The van der Waals surface area contributed by atoms with Gasteiger partial charge in [-0.15, -0.1) is 24.0 Å². The summed E-state index contributed by atoms with van der Waals surface area (Å²) in [6.45, 7) is 17.3. The highest BCUT2D eigenvalue weighted by Gasteiger charge is 2.25. The Balaban J connectivity index is 0.00000341. The highest BCUT2D eigenvalue weighted by molar-refractivity contribution is 14.0. The lowest BCUT2D eigenvalue weighted by atomic mass is 10.00. The predicted molar refractivity (Wildman–Crippen MR) is 141 cm³/mol. The molecule has 2 aliphatic heterocycles. The van der Waals surface area contributed by atoms with Crippen LogP contribution in [0, 0.1) is 13.8 Å². The van der Waals surface area contributed by atoms with Gasteiger partial charge in [0.15, 0.2) is 5.96 Å². The maximum atomic E-state index is 6.10. The largest absolute Gasteiger partial charge is 0.370 e. The monoisotopic (exact) mass is 543 g/mol. The number of guanidine groups is 1. The number of hydrogen-bond acceptors (Lipinski definition) is 4. The summed E-state index contributed by atoms with van der Waals surface area (Å²) in [5, 5.41) is 3.58. The Hall–Kier alpha value is -0.900. The van der Waals surface area contributed by atoms with E-state index in [1.807, 2.05) is 7.05 Å². The second kappa shape index (κ2) is 13.6. The highest BCUT2D eigenvalue weighted by Crippen LogP contribution is 2.25. The fourth-order valence-electron chi connectivity index (χ4n) is 4.54. The molecule has 0 spiro atoms. The first-order chi connectivity index (χ1) is 14.6. The van der Waals surface area contributed by atoms with E-state index in [1.54, 1.807) is 0 Å². The van der Waals surface area contributed by atoms with Crippen molar-refractivity contribution in [3.05, 3.63) is 34.9 Å². The van der Waals surface area contributed by atoms with Crippen LogP contribution in [0.5, 0.6) is 0 Å². The van der Waals surface area contributed by atoms with Gasteiger partial charge in [-0.2, -0.15) is 0 Å². The van der Waals surface area contributed by atoms with Crippen molar-refractivity contribution in [1.29, 1.82) is 0 Å². The molecule has 2 fully saturated rings. The number of unbranched alkanes of at least 4 members (excludes halogenated alkanes) is 1. The first kappa shape index (κ1) is 26.4. The molecule has 1 aromatic carbocycles. The van der Waals surface area contributed by atoms with Gasteiger partial charge in [-0.05, 0) is 50.9 Å². The zero-order valence-corrected chi connectivity index (χ0v) is 22.2.